The Balaban J connectivity index is 4.11. The molecule has 0 aromatic heterocycles. The van der Waals surface area contributed by atoms with Crippen LogP contribution in [0.1, 0.15) is 0 Å². The number of carbonyl (C=O) groups excluding carboxylic acids is 1. The Morgan fingerprint density at radius 2 is 2.00 bits per heavy atom. The Kier molecular flexibility index (Phi) is 2.88. The molecule has 0 aliphatic carbocycles. The summed E-state index contributed by atoms with van der Waals surface area (Å²) < 4.78 is 34.4. The van der Waals surface area contributed by atoms with E-state index in [1.54, 1.807) is 0 Å². The molecule has 0 fully saturated rings. The molecule has 0 aliphatic rings. The van der Waals surface area contributed by atoms with E-state index >= 15 is 0 Å². The molecule has 0 saturated heterocycles. The number of carbonyl (C=O) groups is 1. The Hall–Kier alpha value is -1.47. The first-order valence-corrected chi connectivity index (χ1v) is 2.62. The molecule has 0 rings (SSSR count). The first-order valence-electron chi connectivity index (χ1n) is 2.62. The lowest BCUT2D eigenvalue weighted by Gasteiger charge is -2.15. The van der Waals surface area contributed by atoms with Crippen molar-refractivity contribution in [3.05, 3.63) is 0 Å². The zero-order valence-electron chi connectivity index (χ0n) is 5.97. The summed E-state index contributed by atoms with van der Waals surface area (Å²) in [6, 6.07) is 0. The van der Waals surface area contributed by atoms with Crippen molar-refractivity contribution in [3.8, 4) is 0 Å². The van der Waals surface area contributed by atoms with E-state index in [9.17, 15) is 18.0 Å². The minimum Gasteiger partial charge on any atom is -0.368 e. The van der Waals surface area contributed by atoms with Crippen molar-refractivity contribution in [2.45, 2.75) is 6.18 Å². The largest absolute Gasteiger partial charge is 0.493 e. The van der Waals surface area contributed by atoms with Crippen LogP contribution in [0.25, 0.3) is 0 Å². The highest BCUT2D eigenvalue weighted by molar-refractivity contribution is 5.79. The number of hydroxylamine groups is 2. The molecule has 0 unspecified atom stereocenters. The van der Waals surface area contributed by atoms with Crippen molar-refractivity contribution in [2.75, 3.05) is 7.05 Å². The molecular formula is C4H6F3N3O2. The zero-order chi connectivity index (χ0) is 9.94. The monoisotopic (exact) mass is 185 g/mol. The van der Waals surface area contributed by atoms with Gasteiger partial charge in [-0.3, -0.25) is 5.41 Å². The van der Waals surface area contributed by atoms with Crippen molar-refractivity contribution < 1.29 is 22.8 Å². The van der Waals surface area contributed by atoms with E-state index in [0.717, 1.165) is 7.05 Å². The molecule has 70 valence electrons. The van der Waals surface area contributed by atoms with Crippen LogP contribution in [0.4, 0.5) is 13.2 Å². The molecule has 5 nitrogen and oxygen atoms in total. The van der Waals surface area contributed by atoms with Crippen LogP contribution in [0.2, 0.25) is 0 Å². The summed E-state index contributed by atoms with van der Waals surface area (Å²) in [6.07, 6.45) is -5.08. The minimum absolute atomic E-state index is 0.204. The minimum atomic E-state index is -5.08. The van der Waals surface area contributed by atoms with Crippen molar-refractivity contribution in [1.29, 1.82) is 5.41 Å². The number of alkyl halides is 3. The smallest absolute Gasteiger partial charge is 0.368 e. The molecule has 0 bridgehead atoms. The number of nitrogens with one attached hydrogen (secondary N) is 1. The predicted octanol–water partition coefficient (Wildman–Crippen LogP) is -0.168. The number of halogens is 3. The van der Waals surface area contributed by atoms with Gasteiger partial charge in [-0.15, -0.1) is 0 Å². The molecule has 0 radical (unpaired) electrons. The van der Waals surface area contributed by atoms with Crippen molar-refractivity contribution in [1.82, 2.24) is 5.06 Å². The second-order valence-corrected chi connectivity index (χ2v) is 1.76. The predicted molar refractivity (Wildman–Crippen MR) is 31.8 cm³/mol. The highest BCUT2D eigenvalue weighted by atomic mass is 19.4. The Morgan fingerprint density at radius 3 is 2.25 bits per heavy atom. The Labute approximate surface area is 65.3 Å². The fourth-order valence-corrected chi connectivity index (χ4v) is 0.225. The van der Waals surface area contributed by atoms with Crippen LogP contribution in [0.5, 0.6) is 0 Å². The zero-order valence-corrected chi connectivity index (χ0v) is 5.97. The molecule has 3 N–H and O–H groups in total. The highest BCUT2D eigenvalue weighted by Gasteiger charge is 2.42. The highest BCUT2D eigenvalue weighted by Crippen LogP contribution is 2.16. The molecule has 0 aromatic carbocycles. The Morgan fingerprint density at radius 1 is 1.58 bits per heavy atom. The van der Waals surface area contributed by atoms with E-state index in [0.29, 0.717) is 0 Å². The fourth-order valence-electron chi connectivity index (χ4n) is 0.225. The van der Waals surface area contributed by atoms with Crippen LogP contribution in [0.15, 0.2) is 0 Å². The van der Waals surface area contributed by atoms with Gasteiger partial charge >= 0.3 is 12.1 Å². The molecule has 0 spiro atoms. The van der Waals surface area contributed by atoms with Crippen LogP contribution in [-0.2, 0) is 9.63 Å². The molecular weight excluding hydrogens is 179 g/mol. The Bertz CT molecular complexity index is 202. The third-order valence-electron chi connectivity index (χ3n) is 0.791. The average Bonchev–Trinajstić information content (AvgIpc) is 1.85. The molecule has 12 heavy (non-hydrogen) atoms. The third kappa shape index (κ3) is 3.08. The summed E-state index contributed by atoms with van der Waals surface area (Å²) in [5, 5.41) is 6.76. The van der Waals surface area contributed by atoms with Crippen molar-refractivity contribution in [2.24, 2.45) is 5.73 Å². The summed E-state index contributed by atoms with van der Waals surface area (Å²) in [5.41, 5.74) is 4.69. The fraction of sp³-hybridized carbons (Fsp3) is 0.500. The normalized spacial score (nSPS) is 10.7. The topological polar surface area (TPSA) is 79.4 Å². The summed E-state index contributed by atoms with van der Waals surface area (Å²) in [7, 11) is 0.909. The van der Waals surface area contributed by atoms with E-state index in [2.05, 4.69) is 4.84 Å². The van der Waals surface area contributed by atoms with Crippen LogP contribution in [-0.4, -0.2) is 30.2 Å². The summed E-state index contributed by atoms with van der Waals surface area (Å²) in [5.74, 6) is -3.22. The van der Waals surface area contributed by atoms with Crippen molar-refractivity contribution >= 4 is 11.9 Å². The van der Waals surface area contributed by atoms with Gasteiger partial charge in [0.05, 0.1) is 0 Å². The first-order chi connectivity index (χ1) is 5.25. The van der Waals surface area contributed by atoms with E-state index in [1.165, 1.54) is 0 Å². The molecule has 0 aromatic rings. The third-order valence-corrected chi connectivity index (χ3v) is 0.791. The maximum atomic E-state index is 11.5. The molecule has 0 amide bonds. The molecule has 0 heterocycles. The number of hydrogen-bond acceptors (Lipinski definition) is 3. The van der Waals surface area contributed by atoms with Gasteiger partial charge in [0.1, 0.15) is 0 Å². The van der Waals surface area contributed by atoms with Crippen LogP contribution in [0, 0.1) is 5.41 Å². The summed E-state index contributed by atoms with van der Waals surface area (Å²) in [4.78, 5) is 13.6. The molecule has 8 heteroatoms. The lowest BCUT2D eigenvalue weighted by atomic mass is 10.7. The second kappa shape index (κ2) is 3.28. The van der Waals surface area contributed by atoms with Gasteiger partial charge in [0.15, 0.2) is 0 Å². The van der Waals surface area contributed by atoms with Gasteiger partial charge in [-0.1, -0.05) is 0 Å². The van der Waals surface area contributed by atoms with Gasteiger partial charge in [0.2, 0.25) is 5.96 Å². The number of rotatable bonds is 0. The van der Waals surface area contributed by atoms with Crippen LogP contribution in [0.3, 0.4) is 0 Å². The van der Waals surface area contributed by atoms with Crippen LogP contribution < -0.4 is 5.73 Å². The number of hydrogen-bond donors (Lipinski definition) is 2. The summed E-state index contributed by atoms with van der Waals surface area (Å²) >= 11 is 0. The maximum Gasteiger partial charge on any atom is 0.493 e. The van der Waals surface area contributed by atoms with Gasteiger partial charge in [-0.25, -0.2) is 4.79 Å². The van der Waals surface area contributed by atoms with Gasteiger partial charge in [0, 0.05) is 7.05 Å². The lowest BCUT2D eigenvalue weighted by molar-refractivity contribution is -0.222. The second-order valence-electron chi connectivity index (χ2n) is 1.76. The molecule has 0 saturated carbocycles. The number of guanidine groups is 1. The maximum absolute atomic E-state index is 11.5. The van der Waals surface area contributed by atoms with E-state index in [4.69, 9.17) is 11.1 Å². The van der Waals surface area contributed by atoms with Gasteiger partial charge in [0.25, 0.3) is 0 Å². The number of nitrogens with zero attached hydrogens (tertiary/aromatic N) is 1. The van der Waals surface area contributed by atoms with Crippen LogP contribution >= 0.6 is 0 Å². The summed E-state index contributed by atoms with van der Waals surface area (Å²) in [6.45, 7) is 0. The van der Waals surface area contributed by atoms with Gasteiger partial charge < -0.3 is 10.6 Å². The van der Waals surface area contributed by atoms with E-state index in [-0.39, 0.29) is 5.06 Å². The SMILES string of the molecule is CN(OC(=O)C(F)(F)F)C(=N)N. The van der Waals surface area contributed by atoms with E-state index in [1.807, 2.05) is 0 Å². The first kappa shape index (κ1) is 10.5. The van der Waals surface area contributed by atoms with Gasteiger partial charge in [-0.2, -0.15) is 18.2 Å². The average molecular weight is 185 g/mol. The quantitative estimate of drug-likeness (QED) is 0.312. The molecule has 0 atom stereocenters. The van der Waals surface area contributed by atoms with Gasteiger partial charge in [-0.05, 0) is 0 Å². The molecule has 0 aliphatic heterocycles. The van der Waals surface area contributed by atoms with E-state index < -0.39 is 18.1 Å². The lowest BCUT2D eigenvalue weighted by Crippen LogP contribution is -2.39. The number of nitrogens with two attached hydrogens (primary N) is 1. The standard InChI is InChI=1S/C4H6F3N3O2/c1-10(3(8)9)12-2(11)4(5,6)7/h1H3,(H3,8,9). The van der Waals surface area contributed by atoms with Crippen molar-refractivity contribution in [3.63, 3.8) is 0 Å².